The molecular weight excluding hydrogens is 148 g/mol. The molecule has 0 saturated heterocycles. The van der Waals surface area contributed by atoms with Crippen molar-refractivity contribution in [2.45, 2.75) is 13.3 Å². The molecule has 0 amide bonds. The number of Topliss-reactive ketones (excluding diaryl/α,β-unsaturated/α-hetero) is 1. The van der Waals surface area contributed by atoms with E-state index in [1.807, 2.05) is 6.92 Å². The predicted molar refractivity (Wildman–Crippen MR) is 42.2 cm³/mol. The van der Waals surface area contributed by atoms with E-state index in [4.69, 9.17) is 0 Å². The summed E-state index contributed by atoms with van der Waals surface area (Å²) in [5.74, 6) is 7.50. The van der Waals surface area contributed by atoms with Crippen molar-refractivity contribution < 1.29 is 4.79 Å². The van der Waals surface area contributed by atoms with E-state index in [2.05, 4.69) is 0 Å². The fourth-order valence-electron chi connectivity index (χ4n) is 6.59. The van der Waals surface area contributed by atoms with E-state index in [1.54, 1.807) is 0 Å². The largest absolute Gasteiger partial charge is 0.299 e. The summed E-state index contributed by atoms with van der Waals surface area (Å²) in [5, 5.41) is 0. The van der Waals surface area contributed by atoms with Crippen molar-refractivity contribution in [1.82, 2.24) is 0 Å². The quantitative estimate of drug-likeness (QED) is 0.565. The molecule has 1 nitrogen and oxygen atoms in total. The third-order valence-electron chi connectivity index (χ3n) is 6.38. The molecule has 6 aliphatic rings. The zero-order valence-electron chi connectivity index (χ0n) is 7.16. The van der Waals surface area contributed by atoms with Crippen molar-refractivity contribution in [3.63, 3.8) is 0 Å². The minimum absolute atomic E-state index is 0.312. The van der Waals surface area contributed by atoms with Gasteiger partial charge in [-0.2, -0.15) is 0 Å². The van der Waals surface area contributed by atoms with Crippen LogP contribution in [0.3, 0.4) is 0 Å². The smallest absolute Gasteiger partial charge is 0.136 e. The number of rotatable bonds is 1. The van der Waals surface area contributed by atoms with Crippen LogP contribution in [0.15, 0.2) is 0 Å². The summed E-state index contributed by atoms with van der Waals surface area (Å²) in [5.41, 5.74) is 0.312. The number of hydrogen-bond donors (Lipinski definition) is 0. The van der Waals surface area contributed by atoms with Crippen molar-refractivity contribution in [3.8, 4) is 0 Å². The first-order valence-corrected chi connectivity index (χ1v) is 5.30. The molecule has 6 aliphatic carbocycles. The molecule has 0 aromatic carbocycles. The van der Waals surface area contributed by atoms with Crippen molar-refractivity contribution in [2.24, 2.45) is 46.8 Å². The van der Waals surface area contributed by atoms with Crippen LogP contribution in [0.2, 0.25) is 0 Å². The second-order valence-electron chi connectivity index (χ2n) is 5.78. The van der Waals surface area contributed by atoms with Gasteiger partial charge in [-0.05, 0) is 54.8 Å². The molecule has 62 valence electrons. The lowest BCUT2D eigenvalue weighted by molar-refractivity contribution is -0.424. The second kappa shape index (κ2) is 1.06. The Morgan fingerprint density at radius 2 is 1.83 bits per heavy atom. The van der Waals surface area contributed by atoms with Gasteiger partial charge in [0.2, 0.25) is 0 Å². The monoisotopic (exact) mass is 160 g/mol. The Morgan fingerprint density at radius 3 is 2.33 bits per heavy atom. The van der Waals surface area contributed by atoms with E-state index in [9.17, 15) is 4.79 Å². The summed E-state index contributed by atoms with van der Waals surface area (Å²) in [7, 11) is 0. The summed E-state index contributed by atoms with van der Waals surface area (Å²) in [4.78, 5) is 11.6. The zero-order valence-corrected chi connectivity index (χ0v) is 7.16. The van der Waals surface area contributed by atoms with Crippen molar-refractivity contribution in [3.05, 3.63) is 0 Å². The maximum absolute atomic E-state index is 11.6. The molecule has 6 saturated carbocycles. The van der Waals surface area contributed by atoms with E-state index < -0.39 is 0 Å². The molecule has 6 fully saturated rings. The highest BCUT2D eigenvalue weighted by Gasteiger charge is 2.98. The lowest BCUT2D eigenvalue weighted by Gasteiger charge is -2.90. The lowest BCUT2D eigenvalue weighted by atomic mass is 9.12. The maximum atomic E-state index is 11.6. The van der Waals surface area contributed by atoms with Gasteiger partial charge in [-0.25, -0.2) is 0 Å². The Bertz CT molecular complexity index is 321. The summed E-state index contributed by atoms with van der Waals surface area (Å²) < 4.78 is 0. The van der Waals surface area contributed by atoms with Gasteiger partial charge < -0.3 is 0 Å². The first-order valence-electron chi connectivity index (χ1n) is 5.30. The molecule has 12 heavy (non-hydrogen) atoms. The van der Waals surface area contributed by atoms with Gasteiger partial charge in [0.15, 0.2) is 0 Å². The van der Waals surface area contributed by atoms with Gasteiger partial charge in [-0.15, -0.1) is 0 Å². The topological polar surface area (TPSA) is 17.1 Å². The summed E-state index contributed by atoms with van der Waals surface area (Å²) in [6, 6.07) is 0. The summed E-state index contributed by atoms with van der Waals surface area (Å²) >= 11 is 0. The fraction of sp³-hybridized carbons (Fsp3) is 0.909. The number of hydrogen-bond acceptors (Lipinski definition) is 1. The molecule has 0 radical (unpaired) electrons. The third kappa shape index (κ3) is 0.204. The average molecular weight is 160 g/mol. The highest BCUT2D eigenvalue weighted by atomic mass is 16.1. The fourth-order valence-corrected chi connectivity index (χ4v) is 6.59. The molecular formula is C11H12O. The molecule has 0 aromatic rings. The van der Waals surface area contributed by atoms with Gasteiger partial charge in [0.1, 0.15) is 5.78 Å². The van der Waals surface area contributed by atoms with Crippen molar-refractivity contribution in [2.75, 3.05) is 0 Å². The highest BCUT2D eigenvalue weighted by Crippen LogP contribution is 2.99. The van der Waals surface area contributed by atoms with Crippen LogP contribution in [0.4, 0.5) is 0 Å². The minimum Gasteiger partial charge on any atom is -0.299 e. The van der Waals surface area contributed by atoms with Crippen LogP contribution in [-0.4, -0.2) is 5.78 Å². The van der Waals surface area contributed by atoms with Crippen LogP contribution in [0.1, 0.15) is 13.3 Å². The average Bonchev–Trinajstić information content (AvgIpc) is 2.27. The van der Waals surface area contributed by atoms with E-state index in [0.717, 1.165) is 41.4 Å². The molecule has 0 spiro atoms. The molecule has 4 unspecified atom stereocenters. The van der Waals surface area contributed by atoms with Crippen LogP contribution in [0.25, 0.3) is 0 Å². The predicted octanol–water partition coefficient (Wildman–Crippen LogP) is 1.33. The third-order valence-corrected chi connectivity index (χ3v) is 6.38. The SMILES string of the molecule is CC(=O)C12C3C4CC5C3C1C5C42. The Kier molecular flexibility index (Phi) is 0.478. The van der Waals surface area contributed by atoms with Crippen LogP contribution in [0.5, 0.6) is 0 Å². The Hall–Kier alpha value is -0.330. The van der Waals surface area contributed by atoms with Crippen LogP contribution < -0.4 is 0 Å². The molecule has 0 aliphatic heterocycles. The number of ketones is 1. The standard InChI is InChI=1S/C11H12O/c1-3(12)11-8-5-2-4-6(8)10(11)7(4)9(5)11/h4-10H,2H2,1H3. The first-order chi connectivity index (χ1) is 5.79. The molecule has 0 aromatic heterocycles. The molecule has 6 rings (SSSR count). The van der Waals surface area contributed by atoms with E-state index in [0.29, 0.717) is 11.2 Å². The number of carbonyl (C=O) groups excluding carboxylic acids is 1. The van der Waals surface area contributed by atoms with Crippen LogP contribution >= 0.6 is 0 Å². The second-order valence-corrected chi connectivity index (χ2v) is 5.78. The molecule has 1 heteroatoms. The maximum Gasteiger partial charge on any atom is 0.136 e. The zero-order chi connectivity index (χ0) is 7.83. The van der Waals surface area contributed by atoms with E-state index in [-0.39, 0.29) is 0 Å². The van der Waals surface area contributed by atoms with Gasteiger partial charge >= 0.3 is 0 Å². The van der Waals surface area contributed by atoms with Crippen molar-refractivity contribution >= 4 is 5.78 Å². The molecule has 4 atom stereocenters. The highest BCUT2D eigenvalue weighted by molar-refractivity contribution is 5.90. The van der Waals surface area contributed by atoms with Gasteiger partial charge in [-0.1, -0.05) is 0 Å². The van der Waals surface area contributed by atoms with Crippen molar-refractivity contribution in [1.29, 1.82) is 0 Å². The Balaban J connectivity index is 1.78. The Morgan fingerprint density at radius 1 is 1.17 bits per heavy atom. The van der Waals surface area contributed by atoms with Crippen LogP contribution in [0, 0.1) is 46.8 Å². The number of carbonyl (C=O) groups is 1. The van der Waals surface area contributed by atoms with Gasteiger partial charge in [-0.3, -0.25) is 4.79 Å². The molecule has 0 N–H and O–H groups in total. The normalized spacial score (nSPS) is 82.9. The first kappa shape index (κ1) is 5.41. The van der Waals surface area contributed by atoms with Gasteiger partial charge in [0.25, 0.3) is 0 Å². The van der Waals surface area contributed by atoms with Crippen LogP contribution in [-0.2, 0) is 4.79 Å². The van der Waals surface area contributed by atoms with E-state index >= 15 is 0 Å². The summed E-state index contributed by atoms with van der Waals surface area (Å²) in [6.07, 6.45) is 1.51. The van der Waals surface area contributed by atoms with Gasteiger partial charge in [0.05, 0.1) is 0 Å². The Labute approximate surface area is 71.5 Å². The molecule has 0 heterocycles. The van der Waals surface area contributed by atoms with Gasteiger partial charge in [0, 0.05) is 5.41 Å². The van der Waals surface area contributed by atoms with E-state index in [1.165, 1.54) is 6.42 Å². The lowest BCUT2D eigenvalue weighted by Crippen LogP contribution is -2.90. The summed E-state index contributed by atoms with van der Waals surface area (Å²) in [6.45, 7) is 1.85. The molecule has 2 bridgehead atoms. The minimum atomic E-state index is 0.312.